The molecule has 26 heavy (non-hydrogen) atoms. The fourth-order valence-corrected chi connectivity index (χ4v) is 3.46. The lowest BCUT2D eigenvalue weighted by Crippen LogP contribution is -2.44. The van der Waals surface area contributed by atoms with E-state index in [9.17, 15) is 4.79 Å². The lowest BCUT2D eigenvalue weighted by Gasteiger charge is -2.34. The molecule has 0 bridgehead atoms. The van der Waals surface area contributed by atoms with Gasteiger partial charge < -0.3 is 19.5 Å². The minimum Gasteiger partial charge on any atom is -0.461 e. The molecule has 1 aromatic heterocycles. The Bertz CT molecular complexity index is 922. The summed E-state index contributed by atoms with van der Waals surface area (Å²) >= 11 is 0. The van der Waals surface area contributed by atoms with E-state index in [4.69, 9.17) is 4.42 Å². The molecule has 1 amide bonds. The number of piperazine rings is 1. The molecule has 0 saturated carbocycles. The Morgan fingerprint density at radius 2 is 1.69 bits per heavy atom. The third-order valence-electron chi connectivity index (χ3n) is 4.99. The van der Waals surface area contributed by atoms with Crippen molar-refractivity contribution >= 4 is 28.3 Å². The predicted octanol–water partition coefficient (Wildman–Crippen LogP) is 3.75. The zero-order chi connectivity index (χ0) is 18.1. The van der Waals surface area contributed by atoms with Gasteiger partial charge in [0.15, 0.2) is 0 Å². The number of carbonyl (C=O) groups is 1. The number of hydrogen-bond acceptors (Lipinski definition) is 4. The molecule has 5 nitrogen and oxygen atoms in total. The van der Waals surface area contributed by atoms with Crippen LogP contribution >= 0.6 is 0 Å². The maximum atomic E-state index is 12.7. The first-order chi connectivity index (χ1) is 12.6. The van der Waals surface area contributed by atoms with Crippen molar-refractivity contribution in [3.8, 4) is 0 Å². The summed E-state index contributed by atoms with van der Waals surface area (Å²) in [7, 11) is 2.15. The second kappa shape index (κ2) is 6.84. The maximum absolute atomic E-state index is 12.7. The second-order valence-electron chi connectivity index (χ2n) is 6.82. The van der Waals surface area contributed by atoms with Crippen LogP contribution in [0.5, 0.6) is 0 Å². The number of nitrogens with one attached hydrogen (secondary N) is 1. The summed E-state index contributed by atoms with van der Waals surface area (Å²) in [6, 6.07) is 15.7. The lowest BCUT2D eigenvalue weighted by molar-refractivity contribution is 0.102. The van der Waals surface area contributed by atoms with E-state index in [0.717, 1.165) is 42.8 Å². The molecule has 0 unspecified atom stereocenters. The lowest BCUT2D eigenvalue weighted by atomic mass is 10.1. The summed E-state index contributed by atoms with van der Waals surface area (Å²) in [6.45, 7) is 6.03. The van der Waals surface area contributed by atoms with Crippen LogP contribution in [0.4, 0.5) is 11.4 Å². The van der Waals surface area contributed by atoms with Crippen molar-refractivity contribution in [2.24, 2.45) is 0 Å². The predicted molar refractivity (Wildman–Crippen MR) is 105 cm³/mol. The number of rotatable bonds is 3. The Hall–Kier alpha value is -2.79. The topological polar surface area (TPSA) is 48.7 Å². The molecule has 1 aliphatic rings. The summed E-state index contributed by atoms with van der Waals surface area (Å²) in [4.78, 5) is 17.5. The molecule has 1 fully saturated rings. The van der Waals surface area contributed by atoms with Gasteiger partial charge in [0.25, 0.3) is 5.91 Å². The molecule has 0 spiro atoms. The summed E-state index contributed by atoms with van der Waals surface area (Å²) < 4.78 is 5.69. The number of aryl methyl sites for hydroxylation is 1. The third-order valence-corrected chi connectivity index (χ3v) is 4.99. The van der Waals surface area contributed by atoms with Crippen molar-refractivity contribution in [1.82, 2.24) is 4.90 Å². The average Bonchev–Trinajstić information content (AvgIpc) is 2.99. The van der Waals surface area contributed by atoms with Gasteiger partial charge in [-0.25, -0.2) is 0 Å². The molecular weight excluding hydrogens is 326 g/mol. The number of likely N-dealkylation sites (N-methyl/N-ethyl adjacent to an activating group) is 1. The molecule has 1 saturated heterocycles. The van der Waals surface area contributed by atoms with E-state index in [2.05, 4.69) is 34.3 Å². The smallest absolute Gasteiger partial charge is 0.259 e. The molecule has 3 aromatic rings. The quantitative estimate of drug-likeness (QED) is 0.782. The first kappa shape index (κ1) is 16.7. The van der Waals surface area contributed by atoms with E-state index < -0.39 is 0 Å². The van der Waals surface area contributed by atoms with E-state index in [1.165, 1.54) is 5.69 Å². The number of carbonyl (C=O) groups excluding carboxylic acids is 1. The Kier molecular flexibility index (Phi) is 4.39. The number of para-hydroxylation sites is 1. The fraction of sp³-hybridized carbons (Fsp3) is 0.286. The van der Waals surface area contributed by atoms with E-state index in [1.54, 1.807) is 0 Å². The van der Waals surface area contributed by atoms with Crippen LogP contribution in [0.2, 0.25) is 0 Å². The summed E-state index contributed by atoms with van der Waals surface area (Å²) in [5.74, 6) is 0.498. The third kappa shape index (κ3) is 3.18. The van der Waals surface area contributed by atoms with Gasteiger partial charge in [-0.1, -0.05) is 18.2 Å². The molecule has 4 rings (SSSR count). The number of hydrogen-bond donors (Lipinski definition) is 1. The van der Waals surface area contributed by atoms with Gasteiger partial charge >= 0.3 is 0 Å². The summed E-state index contributed by atoms with van der Waals surface area (Å²) in [6.07, 6.45) is 0. The average molecular weight is 349 g/mol. The van der Waals surface area contributed by atoms with Gasteiger partial charge in [0.1, 0.15) is 11.3 Å². The van der Waals surface area contributed by atoms with Gasteiger partial charge in [0, 0.05) is 42.9 Å². The molecule has 134 valence electrons. The summed E-state index contributed by atoms with van der Waals surface area (Å²) in [5.41, 5.74) is 3.32. The highest BCUT2D eigenvalue weighted by Gasteiger charge is 2.18. The van der Waals surface area contributed by atoms with Gasteiger partial charge in [-0.2, -0.15) is 0 Å². The normalized spacial score (nSPS) is 15.4. The SMILES string of the molecule is Cc1oc2ccccc2c1C(=O)Nc1ccc(N2CCN(C)CC2)cc1. The highest BCUT2D eigenvalue weighted by Crippen LogP contribution is 2.26. The number of fused-ring (bicyclic) bond motifs is 1. The van der Waals surface area contributed by atoms with Crippen LogP contribution in [0, 0.1) is 6.92 Å². The molecule has 1 aliphatic heterocycles. The maximum Gasteiger partial charge on any atom is 0.259 e. The monoisotopic (exact) mass is 349 g/mol. The first-order valence-corrected chi connectivity index (χ1v) is 8.95. The highest BCUT2D eigenvalue weighted by molar-refractivity contribution is 6.13. The highest BCUT2D eigenvalue weighted by atomic mass is 16.3. The molecular formula is C21H23N3O2. The zero-order valence-electron chi connectivity index (χ0n) is 15.2. The Balaban J connectivity index is 1.50. The van der Waals surface area contributed by atoms with E-state index in [-0.39, 0.29) is 5.91 Å². The van der Waals surface area contributed by atoms with Crippen LogP contribution in [0.25, 0.3) is 11.0 Å². The van der Waals surface area contributed by atoms with Crippen molar-refractivity contribution in [3.63, 3.8) is 0 Å². The number of anilines is 2. The largest absolute Gasteiger partial charge is 0.461 e. The second-order valence-corrected chi connectivity index (χ2v) is 6.82. The van der Waals surface area contributed by atoms with Gasteiger partial charge in [0.2, 0.25) is 0 Å². The van der Waals surface area contributed by atoms with Gasteiger partial charge in [-0.15, -0.1) is 0 Å². The van der Waals surface area contributed by atoms with Crippen LogP contribution in [0.1, 0.15) is 16.1 Å². The van der Waals surface area contributed by atoms with Crippen LogP contribution in [0.15, 0.2) is 52.9 Å². The van der Waals surface area contributed by atoms with Crippen LogP contribution in [0.3, 0.4) is 0 Å². The minimum absolute atomic E-state index is 0.139. The Morgan fingerprint density at radius 1 is 1.00 bits per heavy atom. The van der Waals surface area contributed by atoms with Crippen molar-refractivity contribution in [2.45, 2.75) is 6.92 Å². The van der Waals surface area contributed by atoms with E-state index >= 15 is 0 Å². The van der Waals surface area contributed by atoms with Gasteiger partial charge in [-0.05, 0) is 44.3 Å². The number of furan rings is 1. The van der Waals surface area contributed by atoms with Crippen LogP contribution in [-0.2, 0) is 0 Å². The summed E-state index contributed by atoms with van der Waals surface area (Å²) in [5, 5.41) is 3.83. The number of amides is 1. The molecule has 0 radical (unpaired) electrons. The molecule has 0 atom stereocenters. The van der Waals surface area contributed by atoms with Crippen molar-refractivity contribution in [3.05, 3.63) is 59.9 Å². The van der Waals surface area contributed by atoms with Crippen LogP contribution < -0.4 is 10.2 Å². The number of nitrogens with zero attached hydrogens (tertiary/aromatic N) is 2. The minimum atomic E-state index is -0.139. The zero-order valence-corrected chi connectivity index (χ0v) is 15.2. The Labute approximate surface area is 153 Å². The van der Waals surface area contributed by atoms with Crippen molar-refractivity contribution in [1.29, 1.82) is 0 Å². The van der Waals surface area contributed by atoms with Crippen LogP contribution in [-0.4, -0.2) is 44.0 Å². The van der Waals surface area contributed by atoms with E-state index in [1.807, 2.05) is 43.3 Å². The molecule has 5 heteroatoms. The Morgan fingerprint density at radius 3 is 2.42 bits per heavy atom. The molecule has 0 aliphatic carbocycles. The van der Waals surface area contributed by atoms with Crippen molar-refractivity contribution < 1.29 is 9.21 Å². The van der Waals surface area contributed by atoms with Gasteiger partial charge in [-0.3, -0.25) is 4.79 Å². The molecule has 1 N–H and O–H groups in total. The van der Waals surface area contributed by atoms with E-state index in [0.29, 0.717) is 11.3 Å². The molecule has 2 heterocycles. The fourth-order valence-electron chi connectivity index (χ4n) is 3.46. The van der Waals surface area contributed by atoms with Crippen molar-refractivity contribution in [2.75, 3.05) is 43.4 Å². The molecule has 2 aromatic carbocycles. The standard InChI is InChI=1S/C21H23N3O2/c1-15-20(18-5-3-4-6-19(18)26-15)21(25)22-16-7-9-17(10-8-16)24-13-11-23(2)12-14-24/h3-10H,11-14H2,1-2H3,(H,22,25). The van der Waals surface area contributed by atoms with Gasteiger partial charge in [0.05, 0.1) is 5.56 Å². The number of benzene rings is 2. The first-order valence-electron chi connectivity index (χ1n) is 8.95.